The first-order chi connectivity index (χ1) is 25.5. The van der Waals surface area contributed by atoms with Crippen molar-refractivity contribution < 1.29 is 19.1 Å². The molecule has 1 atom stereocenters. The average Bonchev–Trinajstić information content (AvgIpc) is 3.71. The number of benzene rings is 2. The van der Waals surface area contributed by atoms with Crippen molar-refractivity contribution in [1.82, 2.24) is 35.0 Å². The van der Waals surface area contributed by atoms with E-state index in [0.717, 1.165) is 61.4 Å². The van der Waals surface area contributed by atoms with E-state index in [1.165, 1.54) is 44.3 Å². The summed E-state index contributed by atoms with van der Waals surface area (Å²) < 4.78 is 7.49. The first kappa shape index (κ1) is 33.8. The van der Waals surface area contributed by atoms with Crippen molar-refractivity contribution in [2.75, 3.05) is 42.9 Å². The van der Waals surface area contributed by atoms with Gasteiger partial charge >= 0.3 is 0 Å². The zero-order chi connectivity index (χ0) is 35.4. The van der Waals surface area contributed by atoms with E-state index < -0.39 is 0 Å². The molecule has 4 aliphatic rings. The summed E-state index contributed by atoms with van der Waals surface area (Å²) in [7, 11) is 0. The van der Waals surface area contributed by atoms with Crippen LogP contribution in [0.2, 0.25) is 0 Å². The molecule has 3 aromatic heterocycles. The summed E-state index contributed by atoms with van der Waals surface area (Å²) in [6.45, 7) is 5.72. The van der Waals surface area contributed by atoms with Crippen LogP contribution in [0.15, 0.2) is 67.1 Å². The Hall–Kier alpha value is -5.30. The third-order valence-electron chi connectivity index (χ3n) is 10.6. The summed E-state index contributed by atoms with van der Waals surface area (Å²) >= 11 is 0. The molecule has 2 aromatic carbocycles. The number of nitrogens with zero attached hydrogens (tertiary/aromatic N) is 6. The van der Waals surface area contributed by atoms with Crippen LogP contribution in [-0.2, 0) is 9.59 Å². The molecule has 52 heavy (non-hydrogen) atoms. The van der Waals surface area contributed by atoms with E-state index in [1.807, 2.05) is 12.1 Å². The van der Waals surface area contributed by atoms with Crippen LogP contribution in [0.5, 0.6) is 5.75 Å². The number of ether oxygens (including phenoxy) is 1. The third kappa shape index (κ3) is 7.79. The van der Waals surface area contributed by atoms with Gasteiger partial charge in [0.15, 0.2) is 11.5 Å². The molecule has 3 amide bonds. The molecule has 13 heteroatoms. The Bertz CT molecular complexity index is 2040. The maximum Gasteiger partial charge on any atom is 0.260 e. The molecule has 3 N–H and O–H groups in total. The number of carbonyl (C=O) groups excluding carboxylic acids is 3. The van der Waals surface area contributed by atoms with Crippen LogP contribution in [0.1, 0.15) is 79.6 Å². The predicted octanol–water partition coefficient (Wildman–Crippen LogP) is 5.31. The zero-order valence-corrected chi connectivity index (χ0v) is 29.3. The molecule has 2 aliphatic carbocycles. The number of carbonyl (C=O) groups is 3. The highest BCUT2D eigenvalue weighted by molar-refractivity contribution is 6.08. The lowest BCUT2D eigenvalue weighted by atomic mass is 9.89. The molecule has 2 saturated heterocycles. The molecule has 5 heterocycles. The topological polar surface area (TPSA) is 150 Å². The number of imidazole rings is 1. The lowest BCUT2D eigenvalue weighted by Gasteiger charge is -2.38. The van der Waals surface area contributed by atoms with E-state index in [1.54, 1.807) is 35.2 Å². The number of H-pyrrole nitrogens is 1. The molecule has 0 radical (unpaired) electrons. The molecule has 0 bridgehead atoms. The minimum Gasteiger partial charge on any atom is -0.490 e. The van der Waals surface area contributed by atoms with Gasteiger partial charge < -0.3 is 15.0 Å². The van der Waals surface area contributed by atoms with Crippen LogP contribution >= 0.6 is 0 Å². The van der Waals surface area contributed by atoms with Crippen LogP contribution in [-0.4, -0.2) is 86.2 Å². The molecule has 5 aromatic rings. The number of nitrogens with one attached hydrogen (secondary N) is 3. The van der Waals surface area contributed by atoms with Gasteiger partial charge in [-0.25, -0.2) is 4.98 Å². The number of hydrogen-bond donors (Lipinski definition) is 3. The summed E-state index contributed by atoms with van der Waals surface area (Å²) in [6, 6.07) is 15.6. The number of fused-ring (bicyclic) bond motifs is 2. The van der Waals surface area contributed by atoms with Gasteiger partial charge in [0, 0.05) is 62.5 Å². The number of piperidine rings is 1. The first-order valence-corrected chi connectivity index (χ1v) is 18.6. The molecule has 4 fully saturated rings. The minimum atomic E-state index is -0.272. The second-order valence-electron chi connectivity index (χ2n) is 14.4. The van der Waals surface area contributed by atoms with Crippen molar-refractivity contribution >= 4 is 45.8 Å². The summed E-state index contributed by atoms with van der Waals surface area (Å²) in [6.07, 6.45) is 15.3. The molecule has 1 unspecified atom stereocenters. The van der Waals surface area contributed by atoms with Gasteiger partial charge in [-0.1, -0.05) is 31.4 Å². The van der Waals surface area contributed by atoms with Gasteiger partial charge in [0.25, 0.3) is 5.91 Å². The summed E-state index contributed by atoms with van der Waals surface area (Å²) in [5, 5.41) is 17.3. The summed E-state index contributed by atoms with van der Waals surface area (Å²) in [5.41, 5.74) is 4.22. The number of hydrogen-bond acceptors (Lipinski definition) is 9. The molecule has 9 rings (SSSR count). The Morgan fingerprint density at radius 2 is 1.73 bits per heavy atom. The van der Waals surface area contributed by atoms with Crippen molar-refractivity contribution in [2.45, 2.75) is 69.8 Å². The number of anilines is 2. The summed E-state index contributed by atoms with van der Waals surface area (Å²) in [4.78, 5) is 45.5. The van der Waals surface area contributed by atoms with E-state index in [4.69, 9.17) is 4.74 Å². The zero-order valence-electron chi connectivity index (χ0n) is 29.3. The van der Waals surface area contributed by atoms with Crippen LogP contribution in [0.3, 0.4) is 0 Å². The van der Waals surface area contributed by atoms with Crippen LogP contribution in [0, 0.1) is 5.92 Å². The van der Waals surface area contributed by atoms with Crippen molar-refractivity contribution in [3.63, 3.8) is 0 Å². The summed E-state index contributed by atoms with van der Waals surface area (Å²) in [5.74, 6) is 1.20. The molecular weight excluding hydrogens is 658 g/mol. The van der Waals surface area contributed by atoms with Crippen molar-refractivity contribution in [2.24, 2.45) is 5.92 Å². The van der Waals surface area contributed by atoms with Gasteiger partial charge in [0.2, 0.25) is 11.8 Å². The van der Waals surface area contributed by atoms with E-state index in [0.29, 0.717) is 35.6 Å². The number of rotatable bonds is 8. The monoisotopic (exact) mass is 703 g/mol. The molecule has 0 spiro atoms. The van der Waals surface area contributed by atoms with E-state index in [-0.39, 0.29) is 29.7 Å². The van der Waals surface area contributed by atoms with E-state index in [2.05, 4.69) is 65.0 Å². The van der Waals surface area contributed by atoms with Gasteiger partial charge in [-0.05, 0) is 73.9 Å². The highest BCUT2D eigenvalue weighted by Crippen LogP contribution is 2.33. The van der Waals surface area contributed by atoms with Crippen LogP contribution in [0.4, 0.5) is 11.5 Å². The lowest BCUT2D eigenvalue weighted by molar-refractivity contribution is -0.134. The lowest BCUT2D eigenvalue weighted by Crippen LogP contribution is -2.48. The van der Waals surface area contributed by atoms with Gasteiger partial charge in [0.05, 0.1) is 35.5 Å². The van der Waals surface area contributed by atoms with Gasteiger partial charge in [-0.15, -0.1) is 0 Å². The highest BCUT2D eigenvalue weighted by Gasteiger charge is 2.29. The fourth-order valence-corrected chi connectivity index (χ4v) is 7.56. The second kappa shape index (κ2) is 15.1. The van der Waals surface area contributed by atoms with Crippen molar-refractivity contribution in [1.29, 1.82) is 0 Å². The Kier molecular flexibility index (Phi) is 9.84. The van der Waals surface area contributed by atoms with E-state index in [9.17, 15) is 14.4 Å². The van der Waals surface area contributed by atoms with Crippen LogP contribution in [0.25, 0.3) is 16.6 Å². The Morgan fingerprint density at radius 3 is 2.50 bits per heavy atom. The highest BCUT2D eigenvalue weighted by atomic mass is 16.5. The molecule has 2 aliphatic heterocycles. The second-order valence-corrected chi connectivity index (χ2v) is 14.4. The normalized spacial score (nSPS) is 20.0. The Balaban J connectivity index is 0.000000149. The largest absolute Gasteiger partial charge is 0.490 e. The van der Waals surface area contributed by atoms with Gasteiger partial charge in [-0.3, -0.25) is 29.7 Å². The number of piperazine rings is 1. The number of amides is 3. The molecular formula is C39H45N9O4. The Labute approximate surface area is 302 Å². The average molecular weight is 704 g/mol. The quantitative estimate of drug-likeness (QED) is 0.183. The number of aromatic amines is 1. The number of imide groups is 1. The van der Waals surface area contributed by atoms with E-state index >= 15 is 0 Å². The van der Waals surface area contributed by atoms with Gasteiger partial charge in [-0.2, -0.15) is 14.7 Å². The molecule has 270 valence electrons. The maximum absolute atomic E-state index is 12.9. The smallest absolute Gasteiger partial charge is 0.260 e. The molecule has 2 saturated carbocycles. The SMILES string of the molecule is O=C(Nc1cnc2cccnn12)c1cc2cn[nH]c2cc1OC1CC1.O=C1CCC(c2ccc(N3CCN(CC4CCCCC4)CC3)cc2)C(=O)N1. The van der Waals surface area contributed by atoms with Gasteiger partial charge in [0.1, 0.15) is 5.75 Å². The fourth-order valence-electron chi connectivity index (χ4n) is 7.56. The maximum atomic E-state index is 12.9. The Morgan fingerprint density at radius 1 is 0.923 bits per heavy atom. The van der Waals surface area contributed by atoms with Crippen LogP contribution < -0.4 is 20.3 Å². The first-order valence-electron chi connectivity index (χ1n) is 18.6. The molecule has 13 nitrogen and oxygen atoms in total. The predicted molar refractivity (Wildman–Crippen MR) is 197 cm³/mol. The van der Waals surface area contributed by atoms with Crippen molar-refractivity contribution in [3.05, 3.63) is 78.2 Å². The third-order valence-corrected chi connectivity index (χ3v) is 10.6. The standard InChI is InChI=1S/C22H31N3O2.C17H14N6O2/c26-21-11-10-20(22(27)23-21)18-6-8-19(9-7-18)25-14-12-24(13-15-25)16-17-4-2-1-3-5-17;24-17(21-16-9-18-15-2-1-5-20-23(15)16)12-6-10-8-19-22-13(10)7-14(12)25-11-3-4-11/h6-9,17,20H,1-5,10-16H2,(H,23,26,27);1-2,5-9,11H,3-4H2,(H,19,22)(H,21,24). The fraction of sp³-hybridized carbons (Fsp3) is 0.436. The van der Waals surface area contributed by atoms with Crippen molar-refractivity contribution in [3.8, 4) is 5.75 Å². The number of aromatic nitrogens is 5. The minimum absolute atomic E-state index is 0.154.